The smallest absolute Gasteiger partial charge is 0.179 e. The maximum absolute atomic E-state index is 5.33. The maximum atomic E-state index is 5.33. The van der Waals surface area contributed by atoms with E-state index in [1.165, 1.54) is 0 Å². The monoisotopic (exact) mass is 240 g/mol. The summed E-state index contributed by atoms with van der Waals surface area (Å²) >= 11 is 5.33. The van der Waals surface area contributed by atoms with E-state index in [9.17, 15) is 0 Å². The van der Waals surface area contributed by atoms with Crippen molar-refractivity contribution >= 4 is 23.4 Å². The number of fused-ring (bicyclic) bond motifs is 1. The molecule has 1 N–H and O–H groups in total. The van der Waals surface area contributed by atoms with Gasteiger partial charge in [-0.2, -0.15) is 5.10 Å². The van der Waals surface area contributed by atoms with Gasteiger partial charge in [0.25, 0.3) is 0 Å². The van der Waals surface area contributed by atoms with Gasteiger partial charge in [-0.15, -0.1) is 0 Å². The second-order valence-corrected chi connectivity index (χ2v) is 4.40. The van der Waals surface area contributed by atoms with Crippen molar-refractivity contribution < 1.29 is 4.74 Å². The van der Waals surface area contributed by atoms with E-state index in [2.05, 4.69) is 17.0 Å². The fraction of sp³-hybridized carbons (Fsp3) is 0.600. The second-order valence-electron chi connectivity index (χ2n) is 4.01. The highest BCUT2D eigenvalue weighted by Crippen LogP contribution is 2.21. The molecule has 6 heteroatoms. The van der Waals surface area contributed by atoms with Gasteiger partial charge in [-0.3, -0.25) is 9.25 Å². The Kier molecular flexibility index (Phi) is 2.86. The Bertz CT molecular complexity index is 565. The van der Waals surface area contributed by atoms with Gasteiger partial charge in [0.1, 0.15) is 5.52 Å². The van der Waals surface area contributed by atoms with E-state index in [0.29, 0.717) is 6.61 Å². The first kappa shape index (κ1) is 11.3. The summed E-state index contributed by atoms with van der Waals surface area (Å²) in [5.74, 6) is 0. The van der Waals surface area contributed by atoms with E-state index in [-0.39, 0.29) is 6.04 Å². The average Bonchev–Trinajstić information content (AvgIpc) is 2.67. The standard InChI is InChI=1S/C10H16N4OS/c1-6(5-15-4)14-9-8(11-10(14)16)7(2)12-13(9)3/h6H,5H2,1-4H3,(H,11,16). The number of ether oxygens (including phenoxy) is 1. The molecule has 88 valence electrons. The summed E-state index contributed by atoms with van der Waals surface area (Å²) in [6.07, 6.45) is 0. The van der Waals surface area contributed by atoms with E-state index in [1.54, 1.807) is 7.11 Å². The van der Waals surface area contributed by atoms with Crippen molar-refractivity contribution in [2.24, 2.45) is 7.05 Å². The number of H-pyrrole nitrogens is 1. The summed E-state index contributed by atoms with van der Waals surface area (Å²) in [7, 11) is 3.62. The molecule has 0 radical (unpaired) electrons. The second kappa shape index (κ2) is 4.03. The third-order valence-corrected chi connectivity index (χ3v) is 3.02. The van der Waals surface area contributed by atoms with Crippen molar-refractivity contribution in [3.05, 3.63) is 10.5 Å². The van der Waals surface area contributed by atoms with Crippen LogP contribution in [-0.4, -0.2) is 33.0 Å². The number of methoxy groups -OCH3 is 1. The molecule has 2 aromatic rings. The van der Waals surface area contributed by atoms with E-state index < -0.39 is 0 Å². The van der Waals surface area contributed by atoms with E-state index in [4.69, 9.17) is 17.0 Å². The maximum Gasteiger partial charge on any atom is 0.179 e. The molecule has 2 aromatic heterocycles. The molecule has 0 aliphatic carbocycles. The van der Waals surface area contributed by atoms with E-state index >= 15 is 0 Å². The third-order valence-electron chi connectivity index (χ3n) is 2.72. The summed E-state index contributed by atoms with van der Waals surface area (Å²) in [5, 5.41) is 4.37. The molecular weight excluding hydrogens is 224 g/mol. The zero-order valence-corrected chi connectivity index (χ0v) is 10.8. The highest BCUT2D eigenvalue weighted by Gasteiger charge is 2.16. The molecule has 1 atom stereocenters. The van der Waals surface area contributed by atoms with Crippen LogP contribution in [0.25, 0.3) is 11.2 Å². The molecule has 0 aromatic carbocycles. The molecular formula is C10H16N4OS. The Balaban J connectivity index is 2.68. The lowest BCUT2D eigenvalue weighted by Gasteiger charge is -2.13. The lowest BCUT2D eigenvalue weighted by molar-refractivity contribution is 0.162. The van der Waals surface area contributed by atoms with Gasteiger partial charge in [0, 0.05) is 14.2 Å². The largest absolute Gasteiger partial charge is 0.383 e. The molecule has 0 bridgehead atoms. The minimum absolute atomic E-state index is 0.195. The summed E-state index contributed by atoms with van der Waals surface area (Å²) in [4.78, 5) is 3.19. The van der Waals surface area contributed by atoms with Gasteiger partial charge in [0.05, 0.1) is 18.3 Å². The molecule has 16 heavy (non-hydrogen) atoms. The zero-order chi connectivity index (χ0) is 11.9. The van der Waals surface area contributed by atoms with Gasteiger partial charge in [-0.05, 0) is 26.1 Å². The SMILES string of the molecule is COCC(C)n1c(=S)[nH]c2c(C)nn(C)c21. The average molecular weight is 240 g/mol. The molecule has 1 unspecified atom stereocenters. The molecule has 0 aliphatic rings. The number of hydrogen-bond acceptors (Lipinski definition) is 3. The van der Waals surface area contributed by atoms with Crippen LogP contribution >= 0.6 is 12.2 Å². The molecule has 2 heterocycles. The van der Waals surface area contributed by atoms with Crippen molar-refractivity contribution in [1.82, 2.24) is 19.3 Å². The van der Waals surface area contributed by atoms with Crippen LogP contribution in [0.15, 0.2) is 0 Å². The Morgan fingerprint density at radius 3 is 2.88 bits per heavy atom. The quantitative estimate of drug-likeness (QED) is 0.834. The molecule has 5 nitrogen and oxygen atoms in total. The van der Waals surface area contributed by atoms with Crippen LogP contribution in [0.1, 0.15) is 18.7 Å². The van der Waals surface area contributed by atoms with Gasteiger partial charge in [0.15, 0.2) is 10.4 Å². The predicted molar refractivity (Wildman–Crippen MR) is 65.2 cm³/mol. The first-order chi connectivity index (χ1) is 7.56. The minimum Gasteiger partial charge on any atom is -0.383 e. The Morgan fingerprint density at radius 1 is 1.56 bits per heavy atom. The summed E-state index contributed by atoms with van der Waals surface area (Å²) in [5.41, 5.74) is 2.99. The minimum atomic E-state index is 0.195. The number of aryl methyl sites for hydroxylation is 2. The topological polar surface area (TPSA) is 47.8 Å². The molecule has 0 fully saturated rings. The highest BCUT2D eigenvalue weighted by atomic mass is 32.1. The Hall–Kier alpha value is -1.14. The van der Waals surface area contributed by atoms with Crippen LogP contribution < -0.4 is 0 Å². The van der Waals surface area contributed by atoms with Crippen LogP contribution in [0.4, 0.5) is 0 Å². The van der Waals surface area contributed by atoms with E-state index in [1.807, 2.05) is 23.2 Å². The molecule has 0 saturated carbocycles. The predicted octanol–water partition coefficient (Wildman–Crippen LogP) is 1.95. The fourth-order valence-electron chi connectivity index (χ4n) is 2.06. The van der Waals surface area contributed by atoms with Crippen molar-refractivity contribution in [1.29, 1.82) is 0 Å². The van der Waals surface area contributed by atoms with Crippen LogP contribution in [0.3, 0.4) is 0 Å². The third kappa shape index (κ3) is 1.58. The molecule has 2 rings (SSSR count). The molecule has 0 amide bonds. The van der Waals surface area contributed by atoms with Crippen molar-refractivity contribution in [2.45, 2.75) is 19.9 Å². The number of rotatable bonds is 3. The van der Waals surface area contributed by atoms with Gasteiger partial charge in [-0.1, -0.05) is 0 Å². The van der Waals surface area contributed by atoms with Gasteiger partial charge in [-0.25, -0.2) is 0 Å². The number of aromatic amines is 1. The normalized spacial score (nSPS) is 13.5. The van der Waals surface area contributed by atoms with Crippen molar-refractivity contribution in [3.63, 3.8) is 0 Å². The molecule has 0 spiro atoms. The Morgan fingerprint density at radius 2 is 2.25 bits per heavy atom. The number of nitrogens with one attached hydrogen (secondary N) is 1. The van der Waals surface area contributed by atoms with E-state index in [0.717, 1.165) is 21.6 Å². The van der Waals surface area contributed by atoms with Crippen LogP contribution in [0.2, 0.25) is 0 Å². The zero-order valence-electron chi connectivity index (χ0n) is 9.94. The first-order valence-electron chi connectivity index (χ1n) is 5.19. The summed E-state index contributed by atoms with van der Waals surface area (Å²) in [6, 6.07) is 0.195. The van der Waals surface area contributed by atoms with Crippen molar-refractivity contribution in [3.8, 4) is 0 Å². The van der Waals surface area contributed by atoms with Gasteiger partial charge < -0.3 is 9.72 Å². The lowest BCUT2D eigenvalue weighted by atomic mass is 10.3. The number of nitrogens with zero attached hydrogens (tertiary/aromatic N) is 3. The summed E-state index contributed by atoms with van der Waals surface area (Å²) < 4.78 is 9.79. The fourth-order valence-corrected chi connectivity index (χ4v) is 2.43. The highest BCUT2D eigenvalue weighted by molar-refractivity contribution is 7.71. The van der Waals surface area contributed by atoms with Gasteiger partial charge >= 0.3 is 0 Å². The number of hydrogen-bond donors (Lipinski definition) is 1. The molecule has 0 aliphatic heterocycles. The van der Waals surface area contributed by atoms with Crippen molar-refractivity contribution in [2.75, 3.05) is 13.7 Å². The van der Waals surface area contributed by atoms with Crippen LogP contribution in [0.5, 0.6) is 0 Å². The number of aromatic nitrogens is 4. The Labute approximate surface area is 99.0 Å². The number of imidazole rings is 1. The summed E-state index contributed by atoms with van der Waals surface area (Å²) in [6.45, 7) is 4.68. The van der Waals surface area contributed by atoms with Crippen LogP contribution in [0, 0.1) is 11.7 Å². The lowest BCUT2D eigenvalue weighted by Crippen LogP contribution is -2.13. The first-order valence-corrected chi connectivity index (χ1v) is 5.59. The van der Waals surface area contributed by atoms with Crippen LogP contribution in [-0.2, 0) is 11.8 Å². The molecule has 0 saturated heterocycles. The van der Waals surface area contributed by atoms with Gasteiger partial charge in [0.2, 0.25) is 0 Å².